The molecule has 0 bridgehead atoms. The zero-order valence-electron chi connectivity index (χ0n) is 27.0. The number of phenolic OH excluding ortho intramolecular Hbond substituents is 1. The third kappa shape index (κ3) is 6.57. The van der Waals surface area contributed by atoms with Crippen molar-refractivity contribution >= 4 is 17.5 Å². The van der Waals surface area contributed by atoms with Gasteiger partial charge in [0.2, 0.25) is 5.91 Å². The number of hydrogen-bond donors (Lipinski definition) is 3. The lowest BCUT2D eigenvalue weighted by Crippen LogP contribution is -2.51. The van der Waals surface area contributed by atoms with E-state index in [2.05, 4.69) is 12.2 Å². The van der Waals surface area contributed by atoms with Crippen LogP contribution in [0.2, 0.25) is 0 Å². The summed E-state index contributed by atoms with van der Waals surface area (Å²) in [5.41, 5.74) is 4.05. The van der Waals surface area contributed by atoms with E-state index >= 15 is 4.39 Å². The monoisotopic (exact) mass is 626 g/mol. The van der Waals surface area contributed by atoms with E-state index in [0.29, 0.717) is 36.7 Å². The van der Waals surface area contributed by atoms with Gasteiger partial charge in [0.25, 0.3) is 5.91 Å². The number of rotatable bonds is 10. The summed E-state index contributed by atoms with van der Waals surface area (Å²) in [6.45, 7) is 4.70. The van der Waals surface area contributed by atoms with Crippen LogP contribution in [-0.2, 0) is 17.8 Å². The van der Waals surface area contributed by atoms with Gasteiger partial charge in [-0.3, -0.25) is 9.59 Å². The van der Waals surface area contributed by atoms with Crippen LogP contribution in [0.3, 0.4) is 0 Å². The molecule has 3 aliphatic carbocycles. The first kappa shape index (κ1) is 32.2. The number of carbonyl (C=O) groups excluding carboxylic acids is 2. The highest BCUT2D eigenvalue weighted by Crippen LogP contribution is 2.63. The van der Waals surface area contributed by atoms with E-state index in [1.54, 1.807) is 30.3 Å². The molecule has 3 aliphatic rings. The highest BCUT2D eigenvalue weighted by molar-refractivity contribution is 5.95. The van der Waals surface area contributed by atoms with Crippen LogP contribution < -0.4 is 5.32 Å². The van der Waals surface area contributed by atoms with Gasteiger partial charge in [0.15, 0.2) is 0 Å². The lowest BCUT2D eigenvalue weighted by atomic mass is 9.51. The first-order valence-electron chi connectivity index (χ1n) is 17.0. The molecule has 0 aliphatic heterocycles. The number of benzene rings is 3. The number of anilines is 1. The number of alkyl halides is 1. The summed E-state index contributed by atoms with van der Waals surface area (Å²) in [6, 6.07) is 22.5. The third-order valence-corrected chi connectivity index (χ3v) is 11.2. The van der Waals surface area contributed by atoms with Crippen molar-refractivity contribution < 1.29 is 24.2 Å². The van der Waals surface area contributed by atoms with E-state index < -0.39 is 12.3 Å². The Hall–Kier alpha value is -3.71. The molecule has 3 aromatic carbocycles. The standard InChI is InChI=1S/C39H47FN2O4/c1-25(43)41-30-14-12-27(13-15-30)38(46)42(24-26-9-5-3-6-10-26)20-8-4-7-11-28-21-29-22-31(44)16-17-32(29)37-34(40)23-39(2)33(36(28)37)18-19-35(39)45/h3,5-6,9-10,12-17,22,28,33-37,44-45H,4,7-8,11,18-21,23-24H2,1-2H3,(H,41,43)/t28?,33?,34?,35?,36?,37?,39-/m0/s1. The Kier molecular flexibility index (Phi) is 9.51. The molecule has 2 saturated carbocycles. The van der Waals surface area contributed by atoms with Crippen molar-refractivity contribution in [1.82, 2.24) is 4.90 Å². The van der Waals surface area contributed by atoms with Crippen LogP contribution in [0.25, 0.3) is 0 Å². The molecule has 3 N–H and O–H groups in total. The molecule has 3 aromatic rings. The molecule has 6 unspecified atom stereocenters. The summed E-state index contributed by atoms with van der Waals surface area (Å²) in [6.07, 6.45) is 5.19. The fourth-order valence-electron chi connectivity index (χ4n) is 9.06. The van der Waals surface area contributed by atoms with Crippen LogP contribution >= 0.6 is 0 Å². The molecular weight excluding hydrogens is 579 g/mol. The highest BCUT2D eigenvalue weighted by atomic mass is 19.1. The van der Waals surface area contributed by atoms with E-state index in [1.807, 2.05) is 47.4 Å². The zero-order valence-corrected chi connectivity index (χ0v) is 27.0. The Morgan fingerprint density at radius 3 is 2.50 bits per heavy atom. The van der Waals surface area contributed by atoms with E-state index in [1.165, 1.54) is 6.92 Å². The number of carbonyl (C=O) groups is 2. The molecule has 0 aromatic heterocycles. The summed E-state index contributed by atoms with van der Waals surface area (Å²) in [7, 11) is 0. The van der Waals surface area contributed by atoms with Crippen molar-refractivity contribution in [3.8, 4) is 5.75 Å². The molecule has 46 heavy (non-hydrogen) atoms. The molecule has 7 atom stereocenters. The van der Waals surface area contributed by atoms with Crippen LogP contribution in [0.5, 0.6) is 5.75 Å². The molecule has 0 spiro atoms. The van der Waals surface area contributed by atoms with E-state index in [0.717, 1.165) is 61.6 Å². The van der Waals surface area contributed by atoms with Crippen LogP contribution in [0, 0.1) is 23.2 Å². The Morgan fingerprint density at radius 2 is 1.76 bits per heavy atom. The second-order valence-electron chi connectivity index (χ2n) is 14.2. The maximum Gasteiger partial charge on any atom is 0.254 e. The van der Waals surface area contributed by atoms with E-state index in [4.69, 9.17) is 0 Å². The Morgan fingerprint density at radius 1 is 1.00 bits per heavy atom. The van der Waals surface area contributed by atoms with Crippen molar-refractivity contribution in [2.45, 2.75) is 90.0 Å². The zero-order chi connectivity index (χ0) is 32.4. The smallest absolute Gasteiger partial charge is 0.254 e. The molecule has 7 heteroatoms. The fraction of sp³-hybridized carbons (Fsp3) is 0.487. The number of aromatic hydroxyl groups is 1. The molecule has 6 nitrogen and oxygen atoms in total. The Bertz CT molecular complexity index is 1530. The van der Waals surface area contributed by atoms with Crippen LogP contribution in [0.4, 0.5) is 10.1 Å². The van der Waals surface area contributed by atoms with Gasteiger partial charge >= 0.3 is 0 Å². The molecule has 0 heterocycles. The number of fused-ring (bicyclic) bond motifs is 5. The average molecular weight is 627 g/mol. The lowest BCUT2D eigenvalue weighted by molar-refractivity contribution is -0.114. The van der Waals surface area contributed by atoms with E-state index in [9.17, 15) is 19.8 Å². The van der Waals surface area contributed by atoms with Gasteiger partial charge in [-0.05, 0) is 115 Å². The van der Waals surface area contributed by atoms with Crippen LogP contribution in [-0.4, -0.2) is 45.7 Å². The van der Waals surface area contributed by atoms with Gasteiger partial charge in [-0.15, -0.1) is 0 Å². The van der Waals surface area contributed by atoms with Gasteiger partial charge in [0, 0.05) is 37.2 Å². The summed E-state index contributed by atoms with van der Waals surface area (Å²) < 4.78 is 16.1. The number of hydrogen-bond acceptors (Lipinski definition) is 4. The quantitative estimate of drug-likeness (QED) is 0.202. The molecule has 0 saturated heterocycles. The molecule has 244 valence electrons. The van der Waals surface area contributed by atoms with Gasteiger partial charge in [-0.25, -0.2) is 4.39 Å². The first-order valence-corrected chi connectivity index (χ1v) is 17.0. The number of aliphatic hydroxyl groups excluding tert-OH is 1. The lowest BCUT2D eigenvalue weighted by Gasteiger charge is -2.54. The molecule has 6 rings (SSSR count). The van der Waals surface area contributed by atoms with Crippen molar-refractivity contribution in [2.24, 2.45) is 23.2 Å². The Labute approximate surface area is 272 Å². The number of nitrogens with zero attached hydrogens (tertiary/aromatic N) is 1. The molecular formula is C39H47FN2O4. The largest absolute Gasteiger partial charge is 0.508 e. The van der Waals surface area contributed by atoms with Gasteiger partial charge in [0.1, 0.15) is 11.9 Å². The van der Waals surface area contributed by atoms with Gasteiger partial charge in [-0.2, -0.15) is 0 Å². The van der Waals surface area contributed by atoms with Gasteiger partial charge in [-0.1, -0.05) is 56.2 Å². The number of nitrogens with one attached hydrogen (secondary N) is 1. The maximum atomic E-state index is 16.1. The summed E-state index contributed by atoms with van der Waals surface area (Å²) >= 11 is 0. The average Bonchev–Trinajstić information content (AvgIpc) is 3.33. The van der Waals surface area contributed by atoms with Crippen LogP contribution in [0.15, 0.2) is 72.8 Å². The molecule has 2 fully saturated rings. The summed E-state index contributed by atoms with van der Waals surface area (Å²) in [4.78, 5) is 27.0. The molecule has 2 amide bonds. The van der Waals surface area contributed by atoms with Crippen LogP contribution in [0.1, 0.15) is 91.8 Å². The van der Waals surface area contributed by atoms with Crippen molar-refractivity contribution in [3.63, 3.8) is 0 Å². The number of phenols is 1. The number of aliphatic hydroxyl groups is 1. The fourth-order valence-corrected chi connectivity index (χ4v) is 9.06. The number of halogens is 1. The molecule has 0 radical (unpaired) electrons. The van der Waals surface area contributed by atoms with Crippen molar-refractivity contribution in [2.75, 3.05) is 11.9 Å². The summed E-state index contributed by atoms with van der Waals surface area (Å²) in [5.74, 6) is 0.613. The van der Waals surface area contributed by atoms with Gasteiger partial charge in [0.05, 0.1) is 6.10 Å². The van der Waals surface area contributed by atoms with Gasteiger partial charge < -0.3 is 20.4 Å². The second kappa shape index (κ2) is 13.6. The minimum Gasteiger partial charge on any atom is -0.508 e. The van der Waals surface area contributed by atoms with E-state index in [-0.39, 0.29) is 40.7 Å². The van der Waals surface area contributed by atoms with Crippen molar-refractivity contribution in [3.05, 3.63) is 95.1 Å². The van der Waals surface area contributed by atoms with Crippen molar-refractivity contribution in [1.29, 1.82) is 0 Å². The minimum atomic E-state index is -1.00. The second-order valence-corrected chi connectivity index (χ2v) is 14.2. The maximum absolute atomic E-state index is 16.1. The first-order chi connectivity index (χ1) is 22.1. The predicted octanol–water partition coefficient (Wildman–Crippen LogP) is 7.64. The SMILES string of the molecule is CC(=O)Nc1ccc(C(=O)N(CCCCCC2Cc3cc(O)ccc3C3C(F)C[C@]4(C)C(O)CCC4C23)Cc2ccccc2)cc1. The normalized spacial score (nSPS) is 28.1. The summed E-state index contributed by atoms with van der Waals surface area (Å²) in [5, 5.41) is 24.0. The third-order valence-electron chi connectivity index (χ3n) is 11.2. The number of amides is 2. The predicted molar refractivity (Wildman–Crippen MR) is 178 cm³/mol. The topological polar surface area (TPSA) is 89.9 Å². The minimum absolute atomic E-state index is 0.0416. The Balaban J connectivity index is 1.13. The highest BCUT2D eigenvalue weighted by Gasteiger charge is 2.59. The number of unbranched alkanes of at least 4 members (excludes halogenated alkanes) is 2.